The molecule has 25 heavy (non-hydrogen) atoms. The van der Waals surface area contributed by atoms with E-state index in [2.05, 4.69) is 0 Å². The maximum absolute atomic E-state index is 12.8. The standard InChI is InChI=1S/C18H18N2O5/c1-18(2)11-20(17(23)24)19-9-8-13(21)15(14(19)16(18)22)25-10-12-6-4-3-5-7-12/h3-9H,10-11H2,1-2H3,(H,23,24). The monoisotopic (exact) mass is 342 g/mol. The van der Waals surface area contributed by atoms with Crippen LogP contribution in [-0.2, 0) is 6.61 Å². The number of amides is 1. The quantitative estimate of drug-likeness (QED) is 0.924. The highest BCUT2D eigenvalue weighted by Gasteiger charge is 2.42. The van der Waals surface area contributed by atoms with Gasteiger partial charge in [-0.3, -0.25) is 9.59 Å². The topological polar surface area (TPSA) is 88.8 Å². The molecule has 0 spiro atoms. The van der Waals surface area contributed by atoms with E-state index in [4.69, 9.17) is 4.74 Å². The highest BCUT2D eigenvalue weighted by atomic mass is 16.5. The predicted octanol–water partition coefficient (Wildman–Crippen LogP) is 2.27. The van der Waals surface area contributed by atoms with Gasteiger partial charge in [-0.15, -0.1) is 0 Å². The second-order valence-electron chi connectivity index (χ2n) is 6.53. The molecule has 0 unspecified atom stereocenters. The molecule has 1 amide bonds. The van der Waals surface area contributed by atoms with Gasteiger partial charge < -0.3 is 9.84 Å². The number of Topliss-reactive ketones (excluding diaryl/α,β-unsaturated/α-hetero) is 1. The fourth-order valence-corrected chi connectivity index (χ4v) is 2.79. The van der Waals surface area contributed by atoms with Crippen LogP contribution in [0.1, 0.15) is 29.9 Å². The second kappa shape index (κ2) is 6.08. The fourth-order valence-electron chi connectivity index (χ4n) is 2.79. The van der Waals surface area contributed by atoms with E-state index in [9.17, 15) is 19.5 Å². The smallest absolute Gasteiger partial charge is 0.426 e. The molecule has 1 aliphatic rings. The Morgan fingerprint density at radius 1 is 1.20 bits per heavy atom. The Hall–Kier alpha value is -3.09. The van der Waals surface area contributed by atoms with Gasteiger partial charge in [0.15, 0.2) is 17.2 Å². The lowest BCUT2D eigenvalue weighted by Crippen LogP contribution is -2.54. The van der Waals surface area contributed by atoms with Gasteiger partial charge in [-0.05, 0) is 5.56 Å². The minimum Gasteiger partial charge on any atom is -0.483 e. The van der Waals surface area contributed by atoms with Crippen LogP contribution in [0.15, 0.2) is 47.4 Å². The van der Waals surface area contributed by atoms with Crippen molar-refractivity contribution in [2.45, 2.75) is 20.5 Å². The van der Waals surface area contributed by atoms with Crippen molar-refractivity contribution >= 4 is 11.9 Å². The van der Waals surface area contributed by atoms with Crippen LogP contribution < -0.4 is 15.2 Å². The number of hydrogen-bond donors (Lipinski definition) is 1. The van der Waals surface area contributed by atoms with E-state index in [1.165, 1.54) is 16.9 Å². The highest BCUT2D eigenvalue weighted by Crippen LogP contribution is 2.31. The first kappa shape index (κ1) is 16.8. The number of ether oxygens (including phenoxy) is 1. The second-order valence-corrected chi connectivity index (χ2v) is 6.53. The molecule has 2 aromatic rings. The van der Waals surface area contributed by atoms with Gasteiger partial charge in [0.2, 0.25) is 5.43 Å². The zero-order valence-electron chi connectivity index (χ0n) is 13.9. The lowest BCUT2D eigenvalue weighted by Gasteiger charge is -2.38. The van der Waals surface area contributed by atoms with E-state index in [0.717, 1.165) is 10.6 Å². The molecule has 2 heterocycles. The number of ketones is 1. The van der Waals surface area contributed by atoms with Crippen LogP contribution in [0.4, 0.5) is 4.79 Å². The molecule has 130 valence electrons. The summed E-state index contributed by atoms with van der Waals surface area (Å²) in [6.07, 6.45) is 0.0772. The van der Waals surface area contributed by atoms with Crippen LogP contribution in [0.2, 0.25) is 0 Å². The van der Waals surface area contributed by atoms with E-state index >= 15 is 0 Å². The summed E-state index contributed by atoms with van der Waals surface area (Å²) >= 11 is 0. The molecule has 1 aromatic heterocycles. The normalized spacial score (nSPS) is 15.6. The maximum atomic E-state index is 12.8. The highest BCUT2D eigenvalue weighted by molar-refractivity contribution is 6.03. The summed E-state index contributed by atoms with van der Waals surface area (Å²) in [5.74, 6) is -0.457. The van der Waals surface area contributed by atoms with Crippen LogP contribution >= 0.6 is 0 Å². The number of fused-ring (bicyclic) bond motifs is 1. The van der Waals surface area contributed by atoms with Crippen LogP contribution in [0.5, 0.6) is 5.75 Å². The van der Waals surface area contributed by atoms with Crippen molar-refractivity contribution in [3.05, 3.63) is 64.1 Å². The number of rotatable bonds is 3. The van der Waals surface area contributed by atoms with Gasteiger partial charge in [0, 0.05) is 17.7 Å². The van der Waals surface area contributed by atoms with E-state index in [-0.39, 0.29) is 30.4 Å². The predicted molar refractivity (Wildman–Crippen MR) is 90.7 cm³/mol. The number of hydrogen-bond acceptors (Lipinski definition) is 4. The summed E-state index contributed by atoms with van der Waals surface area (Å²) in [5.41, 5.74) is -0.625. The molecule has 1 aliphatic heterocycles. The molecule has 3 rings (SSSR count). The SMILES string of the molecule is CC1(C)CN(C(=O)O)n2ccc(=O)c(OCc3ccccc3)c2C1=O. The Kier molecular flexibility index (Phi) is 4.08. The first-order chi connectivity index (χ1) is 11.8. The molecule has 0 aliphatic carbocycles. The summed E-state index contributed by atoms with van der Waals surface area (Å²) in [7, 11) is 0. The average Bonchev–Trinajstić information content (AvgIpc) is 2.58. The van der Waals surface area contributed by atoms with Gasteiger partial charge in [-0.2, -0.15) is 0 Å². The fraction of sp³-hybridized carbons (Fsp3) is 0.278. The first-order valence-electron chi connectivity index (χ1n) is 7.79. The van der Waals surface area contributed by atoms with E-state index in [1.54, 1.807) is 13.8 Å². The van der Waals surface area contributed by atoms with Gasteiger partial charge in [0.05, 0.1) is 6.54 Å². The van der Waals surface area contributed by atoms with Gasteiger partial charge >= 0.3 is 6.09 Å². The molecule has 0 saturated heterocycles. The maximum Gasteiger partial charge on any atom is 0.426 e. The van der Waals surface area contributed by atoms with Gasteiger partial charge in [0.25, 0.3) is 0 Å². The summed E-state index contributed by atoms with van der Waals surface area (Å²) in [6, 6.07) is 10.4. The Morgan fingerprint density at radius 2 is 1.88 bits per heavy atom. The summed E-state index contributed by atoms with van der Waals surface area (Å²) in [4.78, 5) is 36.7. The molecule has 0 fully saturated rings. The molecule has 0 bridgehead atoms. The Balaban J connectivity index is 2.08. The summed E-state index contributed by atoms with van der Waals surface area (Å²) in [5, 5.41) is 10.5. The molecule has 7 heteroatoms. The average molecular weight is 342 g/mol. The first-order valence-corrected chi connectivity index (χ1v) is 7.79. The number of carbonyl (C=O) groups excluding carboxylic acids is 1. The van der Waals surface area contributed by atoms with Gasteiger partial charge in [0.1, 0.15) is 6.61 Å². The number of carbonyl (C=O) groups is 2. The summed E-state index contributed by atoms with van der Waals surface area (Å²) < 4.78 is 6.82. The zero-order valence-corrected chi connectivity index (χ0v) is 13.9. The van der Waals surface area contributed by atoms with Gasteiger partial charge in [-0.25, -0.2) is 14.5 Å². The third-order valence-electron chi connectivity index (χ3n) is 4.12. The zero-order chi connectivity index (χ0) is 18.2. The number of pyridine rings is 1. The molecule has 7 nitrogen and oxygen atoms in total. The third-order valence-corrected chi connectivity index (χ3v) is 4.12. The van der Waals surface area contributed by atoms with Crippen molar-refractivity contribution in [3.63, 3.8) is 0 Å². The van der Waals surface area contributed by atoms with E-state index < -0.39 is 16.9 Å². The Bertz CT molecular complexity index is 886. The number of carboxylic acid groups (broad SMARTS) is 1. The minimum atomic E-state index is -1.21. The summed E-state index contributed by atoms with van der Waals surface area (Å²) in [6.45, 7) is 3.39. The Morgan fingerprint density at radius 3 is 2.52 bits per heavy atom. The van der Waals surface area contributed by atoms with Crippen molar-refractivity contribution in [3.8, 4) is 5.75 Å². The van der Waals surface area contributed by atoms with Crippen LogP contribution in [0.3, 0.4) is 0 Å². The van der Waals surface area contributed by atoms with Crippen molar-refractivity contribution < 1.29 is 19.4 Å². The lowest BCUT2D eigenvalue weighted by molar-refractivity contribution is 0.0788. The van der Waals surface area contributed by atoms with Crippen molar-refractivity contribution in [2.24, 2.45) is 5.41 Å². The van der Waals surface area contributed by atoms with Crippen LogP contribution in [-0.4, -0.2) is 28.2 Å². The van der Waals surface area contributed by atoms with E-state index in [1.807, 2.05) is 30.3 Å². The number of nitrogens with zero attached hydrogens (tertiary/aromatic N) is 2. The minimum absolute atomic E-state index is 0.00480. The molecule has 1 aromatic carbocycles. The van der Waals surface area contributed by atoms with Crippen molar-refractivity contribution in [1.29, 1.82) is 0 Å². The van der Waals surface area contributed by atoms with Gasteiger partial charge in [-0.1, -0.05) is 44.2 Å². The van der Waals surface area contributed by atoms with Crippen LogP contribution in [0, 0.1) is 5.41 Å². The Labute approximate surface area is 144 Å². The van der Waals surface area contributed by atoms with Crippen molar-refractivity contribution in [1.82, 2.24) is 4.68 Å². The molecular formula is C18H18N2O5. The van der Waals surface area contributed by atoms with Crippen molar-refractivity contribution in [2.75, 3.05) is 11.6 Å². The third kappa shape index (κ3) is 3.00. The van der Waals surface area contributed by atoms with E-state index in [0.29, 0.717) is 0 Å². The molecule has 0 saturated carbocycles. The molecule has 1 N–H and O–H groups in total. The number of benzene rings is 1. The molecule has 0 radical (unpaired) electrons. The number of aromatic nitrogens is 1. The van der Waals surface area contributed by atoms with Crippen LogP contribution in [0.25, 0.3) is 0 Å². The molecule has 0 atom stereocenters. The largest absolute Gasteiger partial charge is 0.483 e. The molecular weight excluding hydrogens is 324 g/mol. The lowest BCUT2D eigenvalue weighted by atomic mass is 9.84.